The maximum absolute atomic E-state index is 13.3. The first-order valence-corrected chi connectivity index (χ1v) is 8.86. The van der Waals surface area contributed by atoms with Gasteiger partial charge >= 0.3 is 0 Å². The molecule has 0 bridgehead atoms. The van der Waals surface area contributed by atoms with Crippen molar-refractivity contribution < 1.29 is 9.59 Å². The predicted octanol–water partition coefficient (Wildman–Crippen LogP) is 3.53. The predicted molar refractivity (Wildman–Crippen MR) is 99.0 cm³/mol. The van der Waals surface area contributed by atoms with Gasteiger partial charge in [0.1, 0.15) is 5.41 Å². The minimum absolute atomic E-state index is 0.101. The monoisotopic (exact) mass is 336 g/mol. The van der Waals surface area contributed by atoms with Gasteiger partial charge < -0.3 is 10.2 Å². The molecule has 4 heteroatoms. The fraction of sp³-hybridized carbons (Fsp3) is 0.333. The van der Waals surface area contributed by atoms with Crippen LogP contribution in [-0.4, -0.2) is 18.4 Å². The Balaban J connectivity index is 1.86. The van der Waals surface area contributed by atoms with E-state index in [1.807, 2.05) is 67.6 Å². The highest BCUT2D eigenvalue weighted by Gasteiger charge is 2.58. The Morgan fingerprint density at radius 3 is 2.16 bits per heavy atom. The molecule has 0 heterocycles. The molecule has 0 aromatic heterocycles. The first-order valence-electron chi connectivity index (χ1n) is 8.86. The third-order valence-electron chi connectivity index (χ3n) is 4.63. The lowest BCUT2D eigenvalue weighted by Crippen LogP contribution is -2.45. The number of anilines is 1. The summed E-state index contributed by atoms with van der Waals surface area (Å²) in [4.78, 5) is 27.6. The van der Waals surface area contributed by atoms with Crippen LogP contribution in [-0.2, 0) is 16.1 Å². The third-order valence-corrected chi connectivity index (χ3v) is 4.63. The summed E-state index contributed by atoms with van der Waals surface area (Å²) in [6, 6.07) is 19.5. The summed E-state index contributed by atoms with van der Waals surface area (Å²) in [5.74, 6) is -0.232. The second kappa shape index (κ2) is 7.51. The highest BCUT2D eigenvalue weighted by molar-refractivity contribution is 6.14. The van der Waals surface area contributed by atoms with E-state index in [0.717, 1.165) is 17.7 Å². The van der Waals surface area contributed by atoms with Crippen molar-refractivity contribution >= 4 is 17.5 Å². The Labute approximate surface area is 148 Å². The van der Waals surface area contributed by atoms with Gasteiger partial charge in [-0.2, -0.15) is 0 Å². The zero-order valence-corrected chi connectivity index (χ0v) is 14.6. The number of hydrogen-bond acceptors (Lipinski definition) is 2. The van der Waals surface area contributed by atoms with E-state index >= 15 is 0 Å². The molecule has 4 nitrogen and oxygen atoms in total. The first kappa shape index (κ1) is 17.2. The van der Waals surface area contributed by atoms with E-state index in [-0.39, 0.29) is 11.8 Å². The largest absolute Gasteiger partial charge is 0.355 e. The summed E-state index contributed by atoms with van der Waals surface area (Å²) in [5, 5.41) is 2.90. The van der Waals surface area contributed by atoms with Crippen LogP contribution in [0.4, 0.5) is 5.69 Å². The molecule has 0 radical (unpaired) electrons. The van der Waals surface area contributed by atoms with Gasteiger partial charge in [-0.15, -0.1) is 0 Å². The quantitative estimate of drug-likeness (QED) is 0.787. The van der Waals surface area contributed by atoms with Crippen LogP contribution in [0.1, 0.15) is 31.7 Å². The summed E-state index contributed by atoms with van der Waals surface area (Å²) < 4.78 is 0. The van der Waals surface area contributed by atoms with E-state index in [9.17, 15) is 9.59 Å². The minimum atomic E-state index is -0.889. The molecular formula is C21H24N2O2. The number of nitrogens with zero attached hydrogens (tertiary/aromatic N) is 1. The summed E-state index contributed by atoms with van der Waals surface area (Å²) in [7, 11) is 0. The maximum atomic E-state index is 13.3. The van der Waals surface area contributed by atoms with Gasteiger partial charge in [-0.05, 0) is 37.0 Å². The third kappa shape index (κ3) is 3.73. The Morgan fingerprint density at radius 1 is 1.00 bits per heavy atom. The van der Waals surface area contributed by atoms with Gasteiger partial charge in [0.05, 0.1) is 6.54 Å². The summed E-state index contributed by atoms with van der Waals surface area (Å²) in [6.45, 7) is 3.08. The maximum Gasteiger partial charge on any atom is 0.242 e. The highest BCUT2D eigenvalue weighted by Crippen LogP contribution is 2.48. The van der Waals surface area contributed by atoms with Gasteiger partial charge in [0.15, 0.2) is 0 Å². The lowest BCUT2D eigenvalue weighted by atomic mass is 10.0. The number of carbonyl (C=O) groups excluding carboxylic acids is 2. The molecule has 1 aliphatic carbocycles. The zero-order valence-electron chi connectivity index (χ0n) is 14.6. The Hall–Kier alpha value is -2.62. The van der Waals surface area contributed by atoms with Crippen molar-refractivity contribution in [2.45, 2.75) is 32.7 Å². The Bertz CT molecular complexity index is 724. The zero-order chi connectivity index (χ0) is 17.7. The van der Waals surface area contributed by atoms with Gasteiger partial charge in [0, 0.05) is 12.2 Å². The SMILES string of the molecule is CCCNC(=O)C1(C(=O)N(Cc2ccccc2)c2ccccc2)CC1. The number of rotatable bonds is 7. The van der Waals surface area contributed by atoms with Gasteiger partial charge in [0.2, 0.25) is 11.8 Å². The Kier molecular flexibility index (Phi) is 5.17. The molecule has 3 rings (SSSR count). The van der Waals surface area contributed by atoms with E-state index in [0.29, 0.717) is 25.9 Å². The number of carbonyl (C=O) groups is 2. The highest BCUT2D eigenvalue weighted by atomic mass is 16.2. The van der Waals surface area contributed by atoms with Crippen molar-refractivity contribution in [3.63, 3.8) is 0 Å². The molecule has 130 valence electrons. The standard InChI is InChI=1S/C21H24N2O2/c1-2-15-22-19(24)21(13-14-21)20(25)23(18-11-7-4-8-12-18)16-17-9-5-3-6-10-17/h3-12H,2,13-16H2,1H3,(H,22,24). The summed E-state index contributed by atoms with van der Waals surface area (Å²) >= 11 is 0. The fourth-order valence-corrected chi connectivity index (χ4v) is 2.98. The number of hydrogen-bond donors (Lipinski definition) is 1. The molecule has 2 amide bonds. The topological polar surface area (TPSA) is 49.4 Å². The molecule has 2 aromatic carbocycles. The lowest BCUT2D eigenvalue weighted by Gasteiger charge is -2.27. The van der Waals surface area contributed by atoms with E-state index in [4.69, 9.17) is 0 Å². The second-order valence-corrected chi connectivity index (χ2v) is 6.55. The van der Waals surface area contributed by atoms with Crippen LogP contribution in [0.25, 0.3) is 0 Å². The molecule has 0 unspecified atom stereocenters. The lowest BCUT2D eigenvalue weighted by molar-refractivity contribution is -0.135. The molecule has 2 aromatic rings. The van der Waals surface area contributed by atoms with Gasteiger partial charge in [-0.3, -0.25) is 9.59 Å². The molecule has 1 saturated carbocycles. The molecule has 1 N–H and O–H groups in total. The van der Waals surface area contributed by atoms with Crippen LogP contribution in [0.3, 0.4) is 0 Å². The van der Waals surface area contributed by atoms with E-state index in [2.05, 4.69) is 5.32 Å². The van der Waals surface area contributed by atoms with Gasteiger partial charge in [-0.25, -0.2) is 0 Å². The van der Waals surface area contributed by atoms with Crippen molar-refractivity contribution in [1.82, 2.24) is 5.32 Å². The summed E-state index contributed by atoms with van der Waals surface area (Å²) in [5.41, 5.74) is 0.982. The van der Waals surface area contributed by atoms with Gasteiger partial charge in [0.25, 0.3) is 0 Å². The van der Waals surface area contributed by atoms with Crippen molar-refractivity contribution in [3.8, 4) is 0 Å². The number of para-hydroxylation sites is 1. The normalized spacial score (nSPS) is 14.6. The molecule has 0 atom stereocenters. The molecule has 0 aliphatic heterocycles. The van der Waals surface area contributed by atoms with Crippen molar-refractivity contribution in [2.75, 3.05) is 11.4 Å². The minimum Gasteiger partial charge on any atom is -0.355 e. The number of nitrogens with one attached hydrogen (secondary N) is 1. The Morgan fingerprint density at radius 2 is 1.60 bits per heavy atom. The van der Waals surface area contributed by atoms with Crippen LogP contribution >= 0.6 is 0 Å². The summed E-state index contributed by atoms with van der Waals surface area (Å²) in [6.07, 6.45) is 2.11. The van der Waals surface area contributed by atoms with Crippen molar-refractivity contribution in [2.24, 2.45) is 5.41 Å². The molecule has 25 heavy (non-hydrogen) atoms. The molecule has 1 aliphatic rings. The van der Waals surface area contributed by atoms with Crippen LogP contribution in [0, 0.1) is 5.41 Å². The van der Waals surface area contributed by atoms with Crippen LogP contribution in [0.5, 0.6) is 0 Å². The smallest absolute Gasteiger partial charge is 0.242 e. The molecule has 1 fully saturated rings. The average molecular weight is 336 g/mol. The average Bonchev–Trinajstić information content (AvgIpc) is 3.47. The van der Waals surface area contributed by atoms with Crippen LogP contribution in [0.15, 0.2) is 60.7 Å². The van der Waals surface area contributed by atoms with Crippen molar-refractivity contribution in [1.29, 1.82) is 0 Å². The van der Waals surface area contributed by atoms with Crippen LogP contribution in [0.2, 0.25) is 0 Å². The van der Waals surface area contributed by atoms with Gasteiger partial charge in [-0.1, -0.05) is 55.5 Å². The van der Waals surface area contributed by atoms with E-state index in [1.165, 1.54) is 0 Å². The fourth-order valence-electron chi connectivity index (χ4n) is 2.98. The van der Waals surface area contributed by atoms with Crippen molar-refractivity contribution in [3.05, 3.63) is 66.2 Å². The molecular weight excluding hydrogens is 312 g/mol. The molecule has 0 spiro atoms. The molecule has 0 saturated heterocycles. The van der Waals surface area contributed by atoms with E-state index < -0.39 is 5.41 Å². The number of amides is 2. The van der Waals surface area contributed by atoms with Crippen LogP contribution < -0.4 is 10.2 Å². The van der Waals surface area contributed by atoms with E-state index in [1.54, 1.807) is 4.90 Å². The second-order valence-electron chi connectivity index (χ2n) is 6.55. The number of benzene rings is 2. The first-order chi connectivity index (χ1) is 12.2.